The molecule has 0 spiro atoms. The van der Waals surface area contributed by atoms with Gasteiger partial charge in [0, 0.05) is 5.02 Å². The number of aliphatic imine (C=N–C) groups is 1. The van der Waals surface area contributed by atoms with Crippen LogP contribution in [0, 0.1) is 11.6 Å². The van der Waals surface area contributed by atoms with Crippen molar-refractivity contribution in [3.05, 3.63) is 94.5 Å². The third kappa shape index (κ3) is 3.45. The van der Waals surface area contributed by atoms with Crippen molar-refractivity contribution in [2.24, 2.45) is 4.99 Å². The van der Waals surface area contributed by atoms with Gasteiger partial charge >= 0.3 is 0 Å². The third-order valence-corrected chi connectivity index (χ3v) is 4.86. The smallest absolute Gasteiger partial charge is 0.223 e. The molecular weight excluding hydrogens is 368 g/mol. The highest BCUT2D eigenvalue weighted by Gasteiger charge is 2.32. The summed E-state index contributed by atoms with van der Waals surface area (Å²) in [5.41, 5.74) is 2.81. The number of halogens is 3. The Balaban J connectivity index is 1.63. The van der Waals surface area contributed by atoms with Crippen LogP contribution in [0.4, 0.5) is 8.78 Å². The number of benzene rings is 3. The van der Waals surface area contributed by atoms with Gasteiger partial charge in [0.15, 0.2) is 0 Å². The monoisotopic (exact) mass is 383 g/mol. The van der Waals surface area contributed by atoms with Crippen molar-refractivity contribution in [2.45, 2.75) is 19.1 Å². The van der Waals surface area contributed by atoms with E-state index in [1.165, 1.54) is 18.2 Å². The summed E-state index contributed by atoms with van der Waals surface area (Å²) in [6.45, 7) is 1.84. The van der Waals surface area contributed by atoms with E-state index in [-0.39, 0.29) is 23.6 Å². The first-order valence-corrected chi connectivity index (χ1v) is 8.95. The molecule has 2 atom stereocenters. The zero-order valence-electron chi connectivity index (χ0n) is 14.5. The Labute approximate surface area is 161 Å². The van der Waals surface area contributed by atoms with Gasteiger partial charge in [-0.25, -0.2) is 13.8 Å². The highest BCUT2D eigenvalue weighted by atomic mass is 35.5. The SMILES string of the molecule is C[C@H]1OC(c2c(F)cccc2F)=N[C@H]1c1ccc(-c2ccc(Cl)cc2)cc1. The molecule has 136 valence electrons. The Bertz CT molecular complexity index is 980. The van der Waals surface area contributed by atoms with Crippen molar-refractivity contribution < 1.29 is 13.5 Å². The molecule has 0 saturated heterocycles. The molecule has 4 rings (SSSR count). The summed E-state index contributed by atoms with van der Waals surface area (Å²) < 4.78 is 33.7. The standard InChI is InChI=1S/C22H16ClF2NO/c1-13-21(26-22(27-13)20-18(24)3-2-4-19(20)25)16-7-5-14(6-8-16)15-9-11-17(23)12-10-15/h2-13,21H,1H3/t13-,21-/m1/s1. The minimum atomic E-state index is -0.681. The van der Waals surface area contributed by atoms with Crippen molar-refractivity contribution >= 4 is 17.5 Å². The Morgan fingerprint density at radius 2 is 1.41 bits per heavy atom. The van der Waals surface area contributed by atoms with Crippen molar-refractivity contribution in [1.29, 1.82) is 0 Å². The molecule has 1 heterocycles. The van der Waals surface area contributed by atoms with Gasteiger partial charge in [0.25, 0.3) is 0 Å². The lowest BCUT2D eigenvalue weighted by molar-refractivity contribution is 0.213. The van der Waals surface area contributed by atoms with Crippen LogP contribution in [-0.2, 0) is 4.74 Å². The maximum atomic E-state index is 14.0. The number of ether oxygens (including phenoxy) is 1. The normalized spacial score (nSPS) is 18.9. The molecule has 0 amide bonds. The maximum absolute atomic E-state index is 14.0. The second-order valence-corrected chi connectivity index (χ2v) is 6.86. The highest BCUT2D eigenvalue weighted by Crippen LogP contribution is 2.33. The first kappa shape index (κ1) is 17.7. The fourth-order valence-corrected chi connectivity index (χ4v) is 3.31. The lowest BCUT2D eigenvalue weighted by Gasteiger charge is -2.13. The van der Waals surface area contributed by atoms with E-state index in [0.717, 1.165) is 16.7 Å². The molecule has 0 radical (unpaired) electrons. The molecule has 0 aliphatic carbocycles. The lowest BCUT2D eigenvalue weighted by atomic mass is 9.99. The Hall–Kier alpha value is -2.72. The molecule has 5 heteroatoms. The number of hydrogen-bond acceptors (Lipinski definition) is 2. The highest BCUT2D eigenvalue weighted by molar-refractivity contribution is 6.30. The third-order valence-electron chi connectivity index (χ3n) is 4.60. The van der Waals surface area contributed by atoms with E-state index in [1.54, 1.807) is 0 Å². The first-order valence-electron chi connectivity index (χ1n) is 8.57. The summed E-state index contributed by atoms with van der Waals surface area (Å²) in [7, 11) is 0. The molecule has 2 nitrogen and oxygen atoms in total. The molecule has 0 saturated carbocycles. The summed E-state index contributed by atoms with van der Waals surface area (Å²) in [5.74, 6) is -1.36. The van der Waals surface area contributed by atoms with Crippen LogP contribution in [0.15, 0.2) is 71.7 Å². The van der Waals surface area contributed by atoms with E-state index < -0.39 is 11.6 Å². The fourth-order valence-electron chi connectivity index (χ4n) is 3.19. The van der Waals surface area contributed by atoms with E-state index in [2.05, 4.69) is 4.99 Å². The molecule has 0 aromatic heterocycles. The van der Waals surface area contributed by atoms with Crippen LogP contribution in [-0.4, -0.2) is 12.0 Å². The number of rotatable bonds is 3. The Morgan fingerprint density at radius 1 is 0.852 bits per heavy atom. The van der Waals surface area contributed by atoms with Crippen LogP contribution in [0.25, 0.3) is 11.1 Å². The van der Waals surface area contributed by atoms with E-state index in [9.17, 15) is 8.78 Å². The molecule has 3 aromatic carbocycles. The predicted octanol–water partition coefficient (Wildman–Crippen LogP) is 6.19. The first-order chi connectivity index (χ1) is 13.0. The molecule has 0 N–H and O–H groups in total. The van der Waals surface area contributed by atoms with Crippen molar-refractivity contribution in [3.63, 3.8) is 0 Å². The minimum Gasteiger partial charge on any atom is -0.472 e. The van der Waals surface area contributed by atoms with Gasteiger partial charge in [0.1, 0.15) is 29.3 Å². The second-order valence-electron chi connectivity index (χ2n) is 6.43. The van der Waals surface area contributed by atoms with Gasteiger partial charge in [0.05, 0.1) is 0 Å². The van der Waals surface area contributed by atoms with Crippen LogP contribution in [0.3, 0.4) is 0 Å². The molecule has 0 fully saturated rings. The predicted molar refractivity (Wildman–Crippen MR) is 103 cm³/mol. The lowest BCUT2D eigenvalue weighted by Crippen LogP contribution is -2.14. The topological polar surface area (TPSA) is 21.6 Å². The average Bonchev–Trinajstić information content (AvgIpc) is 3.04. The van der Waals surface area contributed by atoms with Crippen LogP contribution in [0.5, 0.6) is 0 Å². The van der Waals surface area contributed by atoms with Gasteiger partial charge in [-0.15, -0.1) is 0 Å². The van der Waals surface area contributed by atoms with Gasteiger partial charge in [-0.1, -0.05) is 54.1 Å². The molecule has 1 aliphatic heterocycles. The van der Waals surface area contributed by atoms with Gasteiger partial charge in [0.2, 0.25) is 5.90 Å². The summed E-state index contributed by atoms with van der Waals surface area (Å²) in [5, 5.41) is 0.689. The fraction of sp³-hybridized carbons (Fsp3) is 0.136. The van der Waals surface area contributed by atoms with Crippen LogP contribution < -0.4 is 0 Å². The van der Waals surface area contributed by atoms with Gasteiger partial charge < -0.3 is 4.74 Å². The van der Waals surface area contributed by atoms with E-state index in [1.807, 2.05) is 55.5 Å². The molecule has 1 aliphatic rings. The summed E-state index contributed by atoms with van der Waals surface area (Å²) in [4.78, 5) is 4.44. The summed E-state index contributed by atoms with van der Waals surface area (Å²) in [6.07, 6.45) is -0.319. The molecule has 27 heavy (non-hydrogen) atoms. The maximum Gasteiger partial charge on any atom is 0.223 e. The van der Waals surface area contributed by atoms with Crippen LogP contribution in [0.2, 0.25) is 5.02 Å². The molecular formula is C22H16ClF2NO. The zero-order valence-corrected chi connectivity index (χ0v) is 15.3. The molecule has 0 unspecified atom stereocenters. The second kappa shape index (κ2) is 7.12. The van der Waals surface area contributed by atoms with Crippen LogP contribution >= 0.6 is 11.6 Å². The van der Waals surface area contributed by atoms with Crippen molar-refractivity contribution in [3.8, 4) is 11.1 Å². The van der Waals surface area contributed by atoms with Crippen LogP contribution in [0.1, 0.15) is 24.1 Å². The van der Waals surface area contributed by atoms with E-state index in [0.29, 0.717) is 5.02 Å². The summed E-state index contributed by atoms with van der Waals surface area (Å²) in [6, 6.07) is 18.9. The molecule has 0 bridgehead atoms. The van der Waals surface area contributed by atoms with Crippen molar-refractivity contribution in [1.82, 2.24) is 0 Å². The van der Waals surface area contributed by atoms with Gasteiger partial charge in [-0.3, -0.25) is 0 Å². The quantitative estimate of drug-likeness (QED) is 0.528. The number of nitrogens with zero attached hydrogens (tertiary/aromatic N) is 1. The van der Waals surface area contributed by atoms with Crippen molar-refractivity contribution in [2.75, 3.05) is 0 Å². The van der Waals surface area contributed by atoms with Gasteiger partial charge in [-0.2, -0.15) is 0 Å². The Kier molecular flexibility index (Phi) is 4.66. The zero-order chi connectivity index (χ0) is 19.0. The average molecular weight is 384 g/mol. The summed E-state index contributed by atoms with van der Waals surface area (Å²) >= 11 is 5.93. The Morgan fingerprint density at radius 3 is 2.00 bits per heavy atom. The molecule has 3 aromatic rings. The minimum absolute atomic E-state index is 0.00452. The largest absolute Gasteiger partial charge is 0.472 e. The van der Waals surface area contributed by atoms with E-state index in [4.69, 9.17) is 16.3 Å². The number of hydrogen-bond donors (Lipinski definition) is 0. The van der Waals surface area contributed by atoms with E-state index >= 15 is 0 Å². The van der Waals surface area contributed by atoms with Gasteiger partial charge in [-0.05, 0) is 47.9 Å².